The van der Waals surface area contributed by atoms with E-state index in [1.54, 1.807) is 14.2 Å². The predicted molar refractivity (Wildman–Crippen MR) is 252 cm³/mol. The number of aliphatic hydroxyl groups is 1. The molecular weight excluding hydrogens is 805 g/mol. The predicted octanol–water partition coefficient (Wildman–Crippen LogP) is 7.78. The summed E-state index contributed by atoms with van der Waals surface area (Å²) in [7, 11) is 5.43. The van der Waals surface area contributed by atoms with E-state index in [-0.39, 0.29) is 18.9 Å². The van der Waals surface area contributed by atoms with Crippen LogP contribution in [0.3, 0.4) is 0 Å². The summed E-state index contributed by atoms with van der Waals surface area (Å²) in [5, 5.41) is 14.9. The number of carbonyl (C=O) groups is 1. The molecule has 3 heterocycles. The number of aryl methyl sites for hydroxylation is 1. The van der Waals surface area contributed by atoms with Crippen molar-refractivity contribution in [3.8, 4) is 39.7 Å². The van der Waals surface area contributed by atoms with Gasteiger partial charge in [-0.25, -0.2) is 4.58 Å². The number of likely N-dealkylation sites (N-methyl/N-ethyl adjacent to an activating group) is 1. The number of benzene rings is 6. The van der Waals surface area contributed by atoms with Crippen LogP contribution in [0.2, 0.25) is 0 Å². The Kier molecular flexibility index (Phi) is 12.3. The van der Waals surface area contributed by atoms with Gasteiger partial charge in [0.25, 0.3) is 0 Å². The molecule has 5 aromatic carbocycles. The minimum atomic E-state index is -0.932. The topological polar surface area (TPSA) is 109 Å². The van der Waals surface area contributed by atoms with E-state index in [2.05, 4.69) is 114 Å². The number of anilines is 2. The van der Waals surface area contributed by atoms with Crippen molar-refractivity contribution >= 4 is 28.3 Å². The Balaban J connectivity index is 1.08. The van der Waals surface area contributed by atoms with E-state index in [9.17, 15) is 9.90 Å². The van der Waals surface area contributed by atoms with Crippen molar-refractivity contribution < 1.29 is 33.3 Å². The molecule has 0 radical (unpaired) electrons. The van der Waals surface area contributed by atoms with Gasteiger partial charge < -0.3 is 43.6 Å². The van der Waals surface area contributed by atoms with E-state index in [1.807, 2.05) is 47.4 Å². The molecule has 1 fully saturated rings. The van der Waals surface area contributed by atoms with E-state index in [1.165, 1.54) is 0 Å². The normalized spacial score (nSPS) is 13.9. The molecule has 3 aliphatic heterocycles. The first kappa shape index (κ1) is 42.5. The molecule has 0 atom stereocenters. The van der Waals surface area contributed by atoms with E-state index in [0.717, 1.165) is 96.2 Å². The van der Waals surface area contributed by atoms with Gasteiger partial charge in [-0.05, 0) is 89.3 Å². The zero-order valence-corrected chi connectivity index (χ0v) is 36.9. The molecular formula is C53H55N4O7+. The smallest absolute Gasteiger partial charge is 0.225 e. The van der Waals surface area contributed by atoms with Gasteiger partial charge in [0, 0.05) is 60.9 Å². The molecule has 2 N–H and O–H groups in total. The van der Waals surface area contributed by atoms with Crippen LogP contribution in [0.1, 0.15) is 28.7 Å². The third kappa shape index (κ3) is 8.24. The number of nitrogens with one attached hydrogen (secondary N) is 1. The van der Waals surface area contributed by atoms with Crippen molar-refractivity contribution in [2.75, 3.05) is 90.6 Å². The monoisotopic (exact) mass is 859 g/mol. The third-order valence-electron chi connectivity index (χ3n) is 12.6. The lowest BCUT2D eigenvalue weighted by atomic mass is 9.80. The van der Waals surface area contributed by atoms with Gasteiger partial charge in [0.15, 0.2) is 13.1 Å². The van der Waals surface area contributed by atoms with Gasteiger partial charge in [-0.1, -0.05) is 54.6 Å². The van der Waals surface area contributed by atoms with Crippen molar-refractivity contribution in [2.45, 2.75) is 18.9 Å². The van der Waals surface area contributed by atoms with Crippen molar-refractivity contribution in [2.24, 2.45) is 0 Å². The second kappa shape index (κ2) is 18.5. The zero-order chi connectivity index (χ0) is 44.2. The maximum atomic E-state index is 12.5. The quantitative estimate of drug-likeness (QED) is 0.0683. The van der Waals surface area contributed by atoms with Gasteiger partial charge in [-0.15, -0.1) is 0 Å². The zero-order valence-electron chi connectivity index (χ0n) is 36.9. The lowest BCUT2D eigenvalue weighted by Gasteiger charge is -2.36. The molecule has 1 saturated heterocycles. The van der Waals surface area contributed by atoms with Crippen LogP contribution in [0.25, 0.3) is 33.4 Å². The molecule has 0 unspecified atom stereocenters. The lowest BCUT2D eigenvalue weighted by molar-refractivity contribution is -0.132. The standard InChI is InChI=1S/C53H54N4O7/c1-36-32-37(33-49-52(36)54-23-30-62-49)51-45-20-14-41(34-47(45)64-48-35-42(15-21-46(48)51)56-24-26-57(27-25-56)50(59)22-29-58)55(2)28-31-63-53(38-8-6-5-7-9-38,39-10-16-43(60-3)17-11-39)40-12-18-44(61-4)19-13-40/h5-21,32-35,58H,22-31H2,1-4H3/p+1. The summed E-state index contributed by atoms with van der Waals surface area (Å²) >= 11 is 0. The van der Waals surface area contributed by atoms with Crippen LogP contribution in [0, 0.1) is 6.92 Å². The van der Waals surface area contributed by atoms with Gasteiger partial charge in [0.1, 0.15) is 40.8 Å². The first-order valence-corrected chi connectivity index (χ1v) is 22.0. The molecule has 0 bridgehead atoms. The number of nitrogens with zero attached hydrogens (tertiary/aromatic N) is 3. The van der Waals surface area contributed by atoms with Crippen LogP contribution < -0.4 is 34.4 Å². The summed E-state index contributed by atoms with van der Waals surface area (Å²) in [6.07, 6.45) is 0.153. The average Bonchev–Trinajstić information content (AvgIpc) is 3.34. The highest BCUT2D eigenvalue weighted by molar-refractivity contribution is 6.03. The van der Waals surface area contributed by atoms with Gasteiger partial charge >= 0.3 is 0 Å². The molecule has 0 spiro atoms. The Morgan fingerprint density at radius 3 is 2.20 bits per heavy atom. The van der Waals surface area contributed by atoms with Gasteiger partial charge in [0.05, 0.1) is 52.3 Å². The average molecular weight is 860 g/mol. The van der Waals surface area contributed by atoms with Gasteiger partial charge in [-0.2, -0.15) is 0 Å². The summed E-state index contributed by atoms with van der Waals surface area (Å²) in [6, 6.07) is 43.8. The second-order valence-corrected chi connectivity index (χ2v) is 16.4. The molecule has 64 heavy (non-hydrogen) atoms. The molecule has 4 aliphatic rings. The van der Waals surface area contributed by atoms with E-state index < -0.39 is 5.60 Å². The van der Waals surface area contributed by atoms with E-state index in [0.29, 0.717) is 45.9 Å². The molecule has 328 valence electrons. The number of ether oxygens (including phenoxy) is 4. The number of hydrogen-bond donors (Lipinski definition) is 2. The summed E-state index contributed by atoms with van der Waals surface area (Å²) < 4.78 is 33.7. The first-order valence-electron chi connectivity index (χ1n) is 22.0. The van der Waals surface area contributed by atoms with Crippen LogP contribution >= 0.6 is 0 Å². The van der Waals surface area contributed by atoms with Crippen LogP contribution in [0.5, 0.6) is 17.2 Å². The fourth-order valence-corrected chi connectivity index (χ4v) is 9.20. The Bertz CT molecular complexity index is 2750. The molecule has 0 saturated carbocycles. The highest BCUT2D eigenvalue weighted by Gasteiger charge is 2.38. The molecule has 11 heteroatoms. The molecule has 11 nitrogen and oxygen atoms in total. The van der Waals surface area contributed by atoms with Crippen LogP contribution in [-0.4, -0.2) is 96.3 Å². The molecule has 0 aromatic heterocycles. The van der Waals surface area contributed by atoms with Crippen molar-refractivity contribution in [1.82, 2.24) is 9.48 Å². The number of hydrogen-bond acceptors (Lipinski definition) is 9. The third-order valence-corrected chi connectivity index (χ3v) is 12.6. The van der Waals surface area contributed by atoms with Gasteiger partial charge in [0.2, 0.25) is 11.3 Å². The second-order valence-electron chi connectivity index (χ2n) is 16.4. The van der Waals surface area contributed by atoms with Crippen LogP contribution in [0.15, 0.2) is 132 Å². The first-order chi connectivity index (χ1) is 31.3. The molecule has 9 rings (SSSR count). The van der Waals surface area contributed by atoms with E-state index in [4.69, 9.17) is 23.4 Å². The molecule has 5 aromatic rings. The number of rotatable bonds is 13. The van der Waals surface area contributed by atoms with Crippen molar-refractivity contribution in [3.05, 3.63) is 155 Å². The number of aliphatic hydroxyl groups excluding tert-OH is 1. The maximum absolute atomic E-state index is 12.5. The van der Waals surface area contributed by atoms with E-state index >= 15 is 0 Å². The number of fused-ring (bicyclic) bond motifs is 3. The highest BCUT2D eigenvalue weighted by atomic mass is 16.5. The molecule has 1 aliphatic carbocycles. The Hall–Kier alpha value is -6.82. The fourth-order valence-electron chi connectivity index (χ4n) is 9.20. The highest BCUT2D eigenvalue weighted by Crippen LogP contribution is 2.45. The Labute approximate surface area is 374 Å². The SMILES string of the molecule is COc1ccc(C(OCCN(C)c2ccc3c(-c4cc(C)c5c(c4)OCCN5)c4ccc(=[N+]5CCN(C(=O)CCO)CC5)cc-4oc3c2)(c2ccccc2)c2ccc(OC)cc2)cc1. The minimum absolute atomic E-state index is 0.0105. The van der Waals surface area contributed by atoms with Gasteiger partial charge in [-0.3, -0.25) is 4.79 Å². The molecule has 1 amide bonds. The number of piperazine rings is 1. The fraction of sp³-hybridized carbons (Fsp3) is 0.283. The summed E-state index contributed by atoms with van der Waals surface area (Å²) in [6.45, 7) is 6.93. The summed E-state index contributed by atoms with van der Waals surface area (Å²) in [5.41, 5.74) is 9.05. The summed E-state index contributed by atoms with van der Waals surface area (Å²) in [5.74, 6) is 3.14. The van der Waals surface area contributed by atoms with Crippen molar-refractivity contribution in [1.29, 1.82) is 0 Å². The minimum Gasteiger partial charge on any atom is -0.497 e. The lowest BCUT2D eigenvalue weighted by Crippen LogP contribution is -2.50. The summed E-state index contributed by atoms with van der Waals surface area (Å²) in [4.78, 5) is 16.6. The maximum Gasteiger partial charge on any atom is 0.225 e. The Morgan fingerprint density at radius 1 is 0.844 bits per heavy atom. The number of amides is 1. The Morgan fingerprint density at radius 2 is 1.53 bits per heavy atom. The van der Waals surface area contributed by atoms with Crippen LogP contribution in [-0.2, 0) is 15.1 Å². The number of carbonyl (C=O) groups excluding carboxylic acids is 1. The largest absolute Gasteiger partial charge is 0.497 e. The number of methoxy groups -OCH3 is 2. The van der Waals surface area contributed by atoms with Crippen LogP contribution in [0.4, 0.5) is 11.4 Å². The van der Waals surface area contributed by atoms with Crippen molar-refractivity contribution in [3.63, 3.8) is 0 Å².